The number of aromatic nitrogens is 3. The Balaban J connectivity index is 1.60. The van der Waals surface area contributed by atoms with Crippen molar-refractivity contribution in [1.29, 1.82) is 0 Å². The minimum Gasteiger partial charge on any atom is -0.353 e. The molecule has 1 atom stereocenters. The van der Waals surface area contributed by atoms with Crippen molar-refractivity contribution < 1.29 is 9.18 Å². The molecule has 1 aromatic heterocycles. The second-order valence-electron chi connectivity index (χ2n) is 5.67. The Hall–Kier alpha value is -2.09. The highest BCUT2D eigenvalue weighted by Gasteiger charge is 2.28. The molecule has 0 unspecified atom stereocenters. The molecule has 1 saturated carbocycles. The largest absolute Gasteiger partial charge is 0.353 e. The number of nitrogens with zero attached hydrogens (tertiary/aromatic N) is 3. The fourth-order valence-electron chi connectivity index (χ4n) is 2.31. The van der Waals surface area contributed by atoms with E-state index in [1.54, 1.807) is 12.1 Å². The van der Waals surface area contributed by atoms with Gasteiger partial charge in [-0.1, -0.05) is 11.8 Å². The highest BCUT2D eigenvalue weighted by molar-refractivity contribution is 7.99. The van der Waals surface area contributed by atoms with Crippen LogP contribution in [0.25, 0.3) is 11.4 Å². The molecular formula is C15H18FN5OS. The summed E-state index contributed by atoms with van der Waals surface area (Å²) >= 11 is 1.23. The van der Waals surface area contributed by atoms with Crippen molar-refractivity contribution in [1.82, 2.24) is 20.2 Å². The van der Waals surface area contributed by atoms with Crippen LogP contribution in [0.4, 0.5) is 4.39 Å². The van der Waals surface area contributed by atoms with E-state index in [1.807, 2.05) is 6.92 Å². The van der Waals surface area contributed by atoms with Gasteiger partial charge in [0.25, 0.3) is 0 Å². The number of halogens is 1. The van der Waals surface area contributed by atoms with Crippen LogP contribution in [-0.4, -0.2) is 32.6 Å². The third-order valence-corrected chi connectivity index (χ3v) is 4.76. The summed E-state index contributed by atoms with van der Waals surface area (Å²) in [4.78, 5) is 11.9. The van der Waals surface area contributed by atoms with Gasteiger partial charge in [0, 0.05) is 11.6 Å². The molecular weight excluding hydrogens is 317 g/mol. The lowest BCUT2D eigenvalue weighted by atomic mass is 10.2. The summed E-state index contributed by atoms with van der Waals surface area (Å²) in [6, 6.07) is 6.06. The first-order valence-electron chi connectivity index (χ1n) is 7.43. The standard InChI is InChI=1S/C15H18FN5OS/c1-9(10-2-3-10)18-13(22)8-23-15-20-19-14(21(15)17)11-4-6-12(16)7-5-11/h4-7,9-10H,2-3,8,17H2,1H3,(H,18,22)/t9-/m0/s1. The smallest absolute Gasteiger partial charge is 0.230 e. The molecule has 1 amide bonds. The Labute approximate surface area is 137 Å². The van der Waals surface area contributed by atoms with E-state index >= 15 is 0 Å². The number of carbonyl (C=O) groups excluding carboxylic acids is 1. The van der Waals surface area contributed by atoms with E-state index in [9.17, 15) is 9.18 Å². The Morgan fingerprint density at radius 2 is 2.13 bits per heavy atom. The van der Waals surface area contributed by atoms with Gasteiger partial charge in [-0.25, -0.2) is 9.07 Å². The SMILES string of the molecule is C[C@H](NC(=O)CSc1nnc(-c2ccc(F)cc2)n1N)C1CC1. The van der Waals surface area contributed by atoms with Gasteiger partial charge >= 0.3 is 0 Å². The summed E-state index contributed by atoms with van der Waals surface area (Å²) in [6.07, 6.45) is 2.37. The number of nitrogens with one attached hydrogen (secondary N) is 1. The van der Waals surface area contributed by atoms with Crippen molar-refractivity contribution in [2.75, 3.05) is 11.6 Å². The third kappa shape index (κ3) is 3.82. The van der Waals surface area contributed by atoms with Crippen LogP contribution >= 0.6 is 11.8 Å². The summed E-state index contributed by atoms with van der Waals surface area (Å²) in [6.45, 7) is 2.03. The fraction of sp³-hybridized carbons (Fsp3) is 0.400. The number of rotatable bonds is 6. The average Bonchev–Trinajstić information content (AvgIpc) is 3.31. The van der Waals surface area contributed by atoms with Gasteiger partial charge in [0.2, 0.25) is 11.1 Å². The Kier molecular flexibility index (Phi) is 4.51. The highest BCUT2D eigenvalue weighted by atomic mass is 32.2. The second-order valence-corrected chi connectivity index (χ2v) is 6.61. The van der Waals surface area contributed by atoms with E-state index < -0.39 is 0 Å². The van der Waals surface area contributed by atoms with Gasteiger partial charge in [-0.2, -0.15) is 0 Å². The summed E-state index contributed by atoms with van der Waals surface area (Å²) in [5, 5.41) is 11.4. The number of hydrogen-bond acceptors (Lipinski definition) is 5. The summed E-state index contributed by atoms with van der Waals surface area (Å²) in [5.74, 6) is 6.88. The van der Waals surface area contributed by atoms with E-state index in [1.165, 1.54) is 41.4 Å². The van der Waals surface area contributed by atoms with Crippen LogP contribution in [0, 0.1) is 11.7 Å². The topological polar surface area (TPSA) is 85.8 Å². The lowest BCUT2D eigenvalue weighted by molar-refractivity contribution is -0.119. The van der Waals surface area contributed by atoms with Crippen molar-refractivity contribution in [3.8, 4) is 11.4 Å². The first-order chi connectivity index (χ1) is 11.0. The zero-order chi connectivity index (χ0) is 16.4. The molecule has 0 aliphatic heterocycles. The molecule has 3 N–H and O–H groups in total. The summed E-state index contributed by atoms with van der Waals surface area (Å²) < 4.78 is 14.3. The summed E-state index contributed by atoms with van der Waals surface area (Å²) in [5.41, 5.74) is 0.667. The van der Waals surface area contributed by atoms with E-state index in [2.05, 4.69) is 15.5 Å². The molecule has 0 radical (unpaired) electrons. The lowest BCUT2D eigenvalue weighted by Gasteiger charge is -2.12. The first-order valence-corrected chi connectivity index (χ1v) is 8.41. The predicted octanol–water partition coefficient (Wildman–Crippen LogP) is 1.80. The minimum atomic E-state index is -0.326. The molecule has 122 valence electrons. The Bertz CT molecular complexity index is 698. The van der Waals surface area contributed by atoms with E-state index in [0.29, 0.717) is 22.5 Å². The number of benzene rings is 1. The molecule has 2 aromatic rings. The van der Waals surface area contributed by atoms with Gasteiger partial charge < -0.3 is 11.2 Å². The van der Waals surface area contributed by atoms with Gasteiger partial charge in [-0.05, 0) is 49.9 Å². The Morgan fingerprint density at radius 1 is 1.43 bits per heavy atom. The minimum absolute atomic E-state index is 0.0410. The monoisotopic (exact) mass is 335 g/mol. The lowest BCUT2D eigenvalue weighted by Crippen LogP contribution is -2.35. The van der Waals surface area contributed by atoms with Crippen LogP contribution < -0.4 is 11.2 Å². The molecule has 6 nitrogen and oxygen atoms in total. The van der Waals surface area contributed by atoms with Crippen molar-refractivity contribution in [3.05, 3.63) is 30.1 Å². The van der Waals surface area contributed by atoms with Crippen LogP contribution in [0.5, 0.6) is 0 Å². The maximum atomic E-state index is 13.0. The fourth-order valence-corrected chi connectivity index (χ4v) is 2.98. The molecule has 1 heterocycles. The van der Waals surface area contributed by atoms with Crippen molar-refractivity contribution >= 4 is 17.7 Å². The Morgan fingerprint density at radius 3 is 2.78 bits per heavy atom. The number of nitrogen functional groups attached to an aromatic ring is 1. The van der Waals surface area contributed by atoms with Gasteiger partial charge in [0.05, 0.1) is 5.75 Å². The molecule has 1 aliphatic carbocycles. The number of carbonyl (C=O) groups is 1. The van der Waals surface area contributed by atoms with Gasteiger partial charge in [-0.15, -0.1) is 10.2 Å². The van der Waals surface area contributed by atoms with E-state index in [4.69, 9.17) is 5.84 Å². The average molecular weight is 335 g/mol. The predicted molar refractivity (Wildman–Crippen MR) is 86.6 cm³/mol. The zero-order valence-electron chi connectivity index (χ0n) is 12.7. The summed E-state index contributed by atoms with van der Waals surface area (Å²) in [7, 11) is 0. The highest BCUT2D eigenvalue weighted by Crippen LogP contribution is 2.32. The molecule has 0 bridgehead atoms. The van der Waals surface area contributed by atoms with Crippen LogP contribution in [0.15, 0.2) is 29.4 Å². The molecule has 0 saturated heterocycles. The molecule has 3 rings (SSSR count). The molecule has 1 aliphatic rings. The number of nitrogens with two attached hydrogens (primary N) is 1. The number of thioether (sulfide) groups is 1. The van der Waals surface area contributed by atoms with Crippen LogP contribution in [0.3, 0.4) is 0 Å². The van der Waals surface area contributed by atoms with Crippen molar-refractivity contribution in [2.24, 2.45) is 5.92 Å². The molecule has 23 heavy (non-hydrogen) atoms. The second kappa shape index (κ2) is 6.57. The maximum Gasteiger partial charge on any atom is 0.230 e. The molecule has 1 aromatic carbocycles. The number of hydrogen-bond donors (Lipinski definition) is 2. The van der Waals surface area contributed by atoms with Gasteiger partial charge in [0.15, 0.2) is 5.82 Å². The van der Waals surface area contributed by atoms with Crippen molar-refractivity contribution in [3.63, 3.8) is 0 Å². The molecule has 0 spiro atoms. The van der Waals surface area contributed by atoms with Crippen LogP contribution in [-0.2, 0) is 4.79 Å². The number of amides is 1. The maximum absolute atomic E-state index is 13.0. The zero-order valence-corrected chi connectivity index (χ0v) is 13.5. The molecule has 1 fully saturated rings. The first kappa shape index (κ1) is 15.8. The van der Waals surface area contributed by atoms with E-state index in [-0.39, 0.29) is 23.5 Å². The van der Waals surface area contributed by atoms with Gasteiger partial charge in [0.1, 0.15) is 5.82 Å². The van der Waals surface area contributed by atoms with Crippen LogP contribution in [0.2, 0.25) is 0 Å². The molecule has 8 heteroatoms. The normalized spacial score (nSPS) is 15.4. The quantitative estimate of drug-likeness (QED) is 0.621. The van der Waals surface area contributed by atoms with E-state index in [0.717, 1.165) is 0 Å². The van der Waals surface area contributed by atoms with Crippen LogP contribution in [0.1, 0.15) is 19.8 Å². The van der Waals surface area contributed by atoms with Gasteiger partial charge in [-0.3, -0.25) is 4.79 Å². The van der Waals surface area contributed by atoms with Crippen molar-refractivity contribution in [2.45, 2.75) is 31.0 Å². The third-order valence-electron chi connectivity index (χ3n) is 3.82.